The molecule has 1 N–H and O–H groups in total. The van der Waals surface area contributed by atoms with Crippen molar-refractivity contribution in [1.82, 2.24) is 9.55 Å². The molecule has 0 saturated carbocycles. The molecule has 3 heterocycles. The van der Waals surface area contributed by atoms with Gasteiger partial charge in [0.1, 0.15) is 5.82 Å². The van der Waals surface area contributed by atoms with Gasteiger partial charge in [0.25, 0.3) is 0 Å². The van der Waals surface area contributed by atoms with Gasteiger partial charge in [-0.1, -0.05) is 0 Å². The second-order valence-electron chi connectivity index (χ2n) is 5.83. The van der Waals surface area contributed by atoms with Crippen molar-refractivity contribution < 1.29 is 13.5 Å². The van der Waals surface area contributed by atoms with Gasteiger partial charge in [0, 0.05) is 31.5 Å². The molecular formula is C13H20N2O3S. The zero-order chi connectivity index (χ0) is 13.5. The summed E-state index contributed by atoms with van der Waals surface area (Å²) in [6.45, 7) is 1.14. The molecule has 0 bridgehead atoms. The van der Waals surface area contributed by atoms with Crippen molar-refractivity contribution in [3.63, 3.8) is 0 Å². The summed E-state index contributed by atoms with van der Waals surface area (Å²) >= 11 is 0. The van der Waals surface area contributed by atoms with E-state index in [1.165, 1.54) is 5.69 Å². The van der Waals surface area contributed by atoms with Crippen molar-refractivity contribution in [3.8, 4) is 0 Å². The maximum Gasteiger partial charge on any atom is 0.150 e. The van der Waals surface area contributed by atoms with Gasteiger partial charge < -0.3 is 9.67 Å². The Bertz CT molecular complexity index is 564. The summed E-state index contributed by atoms with van der Waals surface area (Å²) in [5.74, 6) is 2.25. The molecule has 0 spiro atoms. The molecule has 5 nitrogen and oxygen atoms in total. The first-order valence-corrected chi connectivity index (χ1v) is 8.74. The lowest BCUT2D eigenvalue weighted by Crippen LogP contribution is -2.23. The number of rotatable bonds is 3. The zero-order valence-electron chi connectivity index (χ0n) is 11.0. The molecule has 1 aromatic heterocycles. The van der Waals surface area contributed by atoms with Gasteiger partial charge in [-0.2, -0.15) is 0 Å². The van der Waals surface area contributed by atoms with Gasteiger partial charge in [-0.3, -0.25) is 0 Å². The van der Waals surface area contributed by atoms with Crippen molar-refractivity contribution in [2.24, 2.45) is 11.8 Å². The predicted octanol–water partition coefficient (Wildman–Crippen LogP) is 0.415. The van der Waals surface area contributed by atoms with Gasteiger partial charge in [0.15, 0.2) is 9.84 Å². The molecule has 0 aliphatic carbocycles. The summed E-state index contributed by atoms with van der Waals surface area (Å²) in [5, 5.41) is 9.21. The summed E-state index contributed by atoms with van der Waals surface area (Å²) < 4.78 is 25.2. The lowest BCUT2D eigenvalue weighted by molar-refractivity contribution is 0.200. The van der Waals surface area contributed by atoms with E-state index in [0.29, 0.717) is 17.4 Å². The van der Waals surface area contributed by atoms with E-state index in [-0.39, 0.29) is 12.5 Å². The molecule has 2 unspecified atom stereocenters. The first kappa shape index (κ1) is 13.1. The minimum absolute atomic E-state index is 0.229. The smallest absolute Gasteiger partial charge is 0.150 e. The van der Waals surface area contributed by atoms with Gasteiger partial charge in [-0.05, 0) is 31.1 Å². The first-order valence-electron chi connectivity index (χ1n) is 6.92. The highest BCUT2D eigenvalue weighted by Gasteiger charge is 2.30. The average Bonchev–Trinajstić information content (AvgIpc) is 2.93. The quantitative estimate of drug-likeness (QED) is 0.873. The van der Waals surface area contributed by atoms with Gasteiger partial charge >= 0.3 is 0 Å². The lowest BCUT2D eigenvalue weighted by atomic mass is 9.97. The highest BCUT2D eigenvalue weighted by Crippen LogP contribution is 2.26. The van der Waals surface area contributed by atoms with Crippen LogP contribution in [0.2, 0.25) is 0 Å². The van der Waals surface area contributed by atoms with Crippen LogP contribution >= 0.6 is 0 Å². The number of nitrogens with zero attached hydrogens (tertiary/aromatic N) is 2. The van der Waals surface area contributed by atoms with Crippen molar-refractivity contribution in [2.75, 3.05) is 18.1 Å². The van der Waals surface area contributed by atoms with E-state index in [2.05, 4.69) is 9.55 Å². The summed E-state index contributed by atoms with van der Waals surface area (Å²) in [5.41, 5.74) is 1.18. The Kier molecular flexibility index (Phi) is 3.39. The number of hydrogen-bond donors (Lipinski definition) is 1. The van der Waals surface area contributed by atoms with E-state index in [9.17, 15) is 13.5 Å². The van der Waals surface area contributed by atoms with Crippen LogP contribution in [0.1, 0.15) is 24.4 Å². The maximum atomic E-state index is 11.5. The molecule has 0 radical (unpaired) electrons. The monoisotopic (exact) mass is 284 g/mol. The molecule has 2 atom stereocenters. The van der Waals surface area contributed by atoms with E-state index in [1.54, 1.807) is 0 Å². The SMILES string of the molecule is O=S1(=O)CCC(Cc2ncc3n2CCC(CO)C3)C1. The second kappa shape index (κ2) is 4.90. The van der Waals surface area contributed by atoms with E-state index in [4.69, 9.17) is 0 Å². The number of hydrogen-bond acceptors (Lipinski definition) is 4. The number of imidazole rings is 1. The standard InChI is InChI=1S/C13H20N2O3S/c16-8-10-1-3-15-12(5-10)7-14-13(15)6-11-2-4-19(17,18)9-11/h7,10-11,16H,1-6,8-9H2. The van der Waals surface area contributed by atoms with Gasteiger partial charge in [0.2, 0.25) is 0 Å². The number of aliphatic hydroxyl groups is 1. The van der Waals surface area contributed by atoms with Gasteiger partial charge in [0.05, 0.1) is 11.5 Å². The summed E-state index contributed by atoms with van der Waals surface area (Å²) in [7, 11) is -2.80. The van der Waals surface area contributed by atoms with Gasteiger partial charge in [-0.15, -0.1) is 0 Å². The Morgan fingerprint density at radius 3 is 2.89 bits per heavy atom. The Morgan fingerprint density at radius 1 is 1.37 bits per heavy atom. The third kappa shape index (κ3) is 2.69. The molecule has 19 heavy (non-hydrogen) atoms. The average molecular weight is 284 g/mol. The van der Waals surface area contributed by atoms with E-state index in [1.807, 2.05) is 6.20 Å². The fraction of sp³-hybridized carbons (Fsp3) is 0.769. The largest absolute Gasteiger partial charge is 0.396 e. The number of aliphatic hydroxyl groups excluding tert-OH is 1. The fourth-order valence-electron chi connectivity index (χ4n) is 3.21. The Labute approximate surface area is 113 Å². The van der Waals surface area contributed by atoms with Crippen LogP contribution in [0.15, 0.2) is 6.20 Å². The van der Waals surface area contributed by atoms with E-state index >= 15 is 0 Å². The zero-order valence-corrected chi connectivity index (χ0v) is 11.8. The Hall–Kier alpha value is -0.880. The van der Waals surface area contributed by atoms with Crippen molar-refractivity contribution >= 4 is 9.84 Å². The predicted molar refractivity (Wildman–Crippen MR) is 71.6 cm³/mol. The molecule has 1 saturated heterocycles. The van der Waals surface area contributed by atoms with E-state index in [0.717, 1.165) is 38.1 Å². The molecule has 2 aliphatic heterocycles. The summed E-state index contributed by atoms with van der Waals surface area (Å²) in [4.78, 5) is 4.46. The second-order valence-corrected chi connectivity index (χ2v) is 8.06. The summed E-state index contributed by atoms with van der Waals surface area (Å²) in [6.07, 6.45) is 5.29. The molecule has 1 aromatic rings. The van der Waals surface area contributed by atoms with Crippen LogP contribution in [0.4, 0.5) is 0 Å². The third-order valence-electron chi connectivity index (χ3n) is 4.34. The van der Waals surface area contributed by atoms with E-state index < -0.39 is 9.84 Å². The van der Waals surface area contributed by atoms with Crippen molar-refractivity contribution in [1.29, 1.82) is 0 Å². The molecule has 3 rings (SSSR count). The highest BCUT2D eigenvalue weighted by atomic mass is 32.2. The maximum absolute atomic E-state index is 11.5. The minimum atomic E-state index is -2.80. The van der Waals surface area contributed by atoms with Crippen LogP contribution < -0.4 is 0 Å². The normalized spacial score (nSPS) is 29.3. The van der Waals surface area contributed by atoms with Crippen molar-refractivity contribution in [3.05, 3.63) is 17.7 Å². The Morgan fingerprint density at radius 2 is 2.21 bits per heavy atom. The molecule has 6 heteroatoms. The molecule has 0 amide bonds. The van der Waals surface area contributed by atoms with Crippen LogP contribution in [0.5, 0.6) is 0 Å². The number of aromatic nitrogens is 2. The third-order valence-corrected chi connectivity index (χ3v) is 6.17. The topological polar surface area (TPSA) is 72.2 Å². The first-order chi connectivity index (χ1) is 9.07. The molecule has 106 valence electrons. The molecule has 2 aliphatic rings. The number of fused-ring (bicyclic) bond motifs is 1. The highest BCUT2D eigenvalue weighted by molar-refractivity contribution is 7.91. The van der Waals surface area contributed by atoms with Crippen LogP contribution in [-0.4, -0.2) is 41.2 Å². The van der Waals surface area contributed by atoms with Crippen molar-refractivity contribution in [2.45, 2.75) is 32.2 Å². The molecule has 1 fully saturated rings. The molecule has 0 aromatic carbocycles. The lowest BCUT2D eigenvalue weighted by Gasteiger charge is -2.23. The van der Waals surface area contributed by atoms with Crippen LogP contribution in [0.25, 0.3) is 0 Å². The fourth-order valence-corrected chi connectivity index (χ4v) is 5.07. The van der Waals surface area contributed by atoms with Crippen LogP contribution in [0, 0.1) is 11.8 Å². The summed E-state index contributed by atoms with van der Waals surface area (Å²) in [6, 6.07) is 0. The van der Waals surface area contributed by atoms with Gasteiger partial charge in [-0.25, -0.2) is 13.4 Å². The Balaban J connectivity index is 1.72. The number of sulfone groups is 1. The molecular weight excluding hydrogens is 264 g/mol. The van der Waals surface area contributed by atoms with Crippen LogP contribution in [0.3, 0.4) is 0 Å². The minimum Gasteiger partial charge on any atom is -0.396 e. The van der Waals surface area contributed by atoms with Crippen LogP contribution in [-0.2, 0) is 29.2 Å².